The van der Waals surface area contributed by atoms with Gasteiger partial charge in [-0.25, -0.2) is 17.2 Å². The van der Waals surface area contributed by atoms with Crippen molar-refractivity contribution in [3.63, 3.8) is 0 Å². The Hall–Kier alpha value is -3.99. The fourth-order valence-corrected chi connectivity index (χ4v) is 4.83. The molecule has 5 rings (SSSR count). The van der Waals surface area contributed by atoms with Gasteiger partial charge in [-0.1, -0.05) is 0 Å². The van der Waals surface area contributed by atoms with E-state index in [1.165, 1.54) is 23.8 Å². The molecule has 0 saturated carbocycles. The molecule has 0 atom stereocenters. The SMILES string of the molecule is CCS(=O)(=O)n1ncc2cc(Nc3ccc(F)cc3F)c(-c3cn(C)c(=O)c4[nH]ccc34)cc21. The molecule has 0 fully saturated rings. The Bertz CT molecular complexity index is 1750. The van der Waals surface area contributed by atoms with Gasteiger partial charge in [0.05, 0.1) is 23.2 Å². The predicted octanol–water partition coefficient (Wildman–Crippen LogP) is 4.10. The molecule has 0 aliphatic rings. The minimum atomic E-state index is -3.69. The number of aryl methyl sites for hydroxylation is 1. The third-order valence-electron chi connectivity index (χ3n) is 5.69. The fourth-order valence-electron chi connectivity index (χ4n) is 3.94. The van der Waals surface area contributed by atoms with Crippen LogP contribution in [0.3, 0.4) is 0 Å². The molecular weight excluding hydrogens is 464 g/mol. The number of nitrogens with zero attached hydrogens (tertiary/aromatic N) is 3. The lowest BCUT2D eigenvalue weighted by atomic mass is 10.00. The van der Waals surface area contributed by atoms with E-state index in [2.05, 4.69) is 15.4 Å². The van der Waals surface area contributed by atoms with Crippen LogP contribution in [-0.4, -0.2) is 32.9 Å². The van der Waals surface area contributed by atoms with Crippen molar-refractivity contribution in [3.8, 4) is 11.1 Å². The molecule has 34 heavy (non-hydrogen) atoms. The molecule has 11 heteroatoms. The van der Waals surface area contributed by atoms with Gasteiger partial charge in [0.15, 0.2) is 0 Å². The Morgan fingerprint density at radius 3 is 2.62 bits per heavy atom. The van der Waals surface area contributed by atoms with E-state index < -0.39 is 21.7 Å². The van der Waals surface area contributed by atoms with E-state index in [1.54, 1.807) is 37.6 Å². The van der Waals surface area contributed by atoms with Crippen LogP contribution < -0.4 is 10.9 Å². The van der Waals surface area contributed by atoms with Gasteiger partial charge in [0.1, 0.15) is 17.2 Å². The van der Waals surface area contributed by atoms with Gasteiger partial charge in [-0.2, -0.15) is 9.19 Å². The molecule has 0 bridgehead atoms. The molecule has 8 nitrogen and oxygen atoms in total. The largest absolute Gasteiger partial charge is 0.357 e. The van der Waals surface area contributed by atoms with Crippen molar-refractivity contribution < 1.29 is 17.2 Å². The minimum Gasteiger partial charge on any atom is -0.357 e. The molecule has 0 unspecified atom stereocenters. The van der Waals surface area contributed by atoms with Crippen LogP contribution in [0.5, 0.6) is 0 Å². The van der Waals surface area contributed by atoms with E-state index >= 15 is 0 Å². The monoisotopic (exact) mass is 483 g/mol. The minimum absolute atomic E-state index is 0.0331. The van der Waals surface area contributed by atoms with Crippen LogP contribution in [0.2, 0.25) is 0 Å². The third kappa shape index (κ3) is 3.45. The first kappa shape index (κ1) is 21.8. The molecule has 5 aromatic rings. The molecule has 174 valence electrons. The van der Waals surface area contributed by atoms with E-state index in [9.17, 15) is 22.0 Å². The highest BCUT2D eigenvalue weighted by Gasteiger charge is 2.20. The number of benzene rings is 2. The standard InChI is InChI=1S/C23H19F2N5O3S/c1-3-34(32,33)30-21-10-16(17-12-29(2)23(31)22-15(17)6-7-26-22)20(8-13(21)11-27-30)28-19-5-4-14(24)9-18(19)25/h4-12,26,28H,3H2,1-2H3. The van der Waals surface area contributed by atoms with Crippen molar-refractivity contribution in [1.82, 2.24) is 18.7 Å². The fraction of sp³-hybridized carbons (Fsp3) is 0.130. The molecule has 0 aliphatic carbocycles. The van der Waals surface area contributed by atoms with Crippen molar-refractivity contribution in [1.29, 1.82) is 0 Å². The number of H-pyrrole nitrogens is 1. The number of hydrogen-bond donors (Lipinski definition) is 2. The van der Waals surface area contributed by atoms with Gasteiger partial charge in [-0.05, 0) is 37.3 Å². The van der Waals surface area contributed by atoms with Crippen LogP contribution in [0.15, 0.2) is 59.8 Å². The summed E-state index contributed by atoms with van der Waals surface area (Å²) in [6.07, 6.45) is 4.67. The van der Waals surface area contributed by atoms with Gasteiger partial charge in [0.2, 0.25) is 0 Å². The lowest BCUT2D eigenvalue weighted by Crippen LogP contribution is -2.17. The van der Waals surface area contributed by atoms with E-state index in [4.69, 9.17) is 0 Å². The van der Waals surface area contributed by atoms with Gasteiger partial charge < -0.3 is 14.9 Å². The second-order valence-corrected chi connectivity index (χ2v) is 9.91. The number of halogens is 2. The first-order valence-electron chi connectivity index (χ1n) is 10.3. The van der Waals surface area contributed by atoms with Crippen molar-refractivity contribution in [2.75, 3.05) is 11.1 Å². The van der Waals surface area contributed by atoms with E-state index in [1.807, 2.05) is 0 Å². The highest BCUT2D eigenvalue weighted by atomic mass is 32.2. The Kier molecular flexibility index (Phi) is 5.01. The molecule has 0 amide bonds. The Balaban J connectivity index is 1.83. The Morgan fingerprint density at radius 1 is 1.09 bits per heavy atom. The summed E-state index contributed by atoms with van der Waals surface area (Å²) in [5, 5.41) is 8.14. The van der Waals surface area contributed by atoms with E-state index in [0.717, 1.165) is 16.2 Å². The number of fused-ring (bicyclic) bond motifs is 2. The molecule has 2 aromatic carbocycles. The van der Waals surface area contributed by atoms with Gasteiger partial charge in [0.25, 0.3) is 15.6 Å². The Labute approximate surface area is 192 Å². The second kappa shape index (κ2) is 7.80. The van der Waals surface area contributed by atoms with Crippen LogP contribution >= 0.6 is 0 Å². The van der Waals surface area contributed by atoms with Gasteiger partial charge >= 0.3 is 0 Å². The molecule has 0 radical (unpaired) electrons. The second-order valence-electron chi connectivity index (χ2n) is 7.82. The third-order valence-corrected chi connectivity index (χ3v) is 7.24. The van der Waals surface area contributed by atoms with E-state index in [-0.39, 0.29) is 17.0 Å². The lowest BCUT2D eigenvalue weighted by molar-refractivity contribution is 0.583. The summed E-state index contributed by atoms with van der Waals surface area (Å²) in [6, 6.07) is 8.18. The summed E-state index contributed by atoms with van der Waals surface area (Å²) < 4.78 is 55.5. The summed E-state index contributed by atoms with van der Waals surface area (Å²) >= 11 is 0. The molecule has 3 heterocycles. The lowest BCUT2D eigenvalue weighted by Gasteiger charge is -2.16. The average Bonchev–Trinajstić information content (AvgIpc) is 3.45. The van der Waals surface area contributed by atoms with Crippen LogP contribution in [0, 0.1) is 11.6 Å². The van der Waals surface area contributed by atoms with Gasteiger partial charge in [-0.15, -0.1) is 0 Å². The van der Waals surface area contributed by atoms with Crippen molar-refractivity contribution in [2.45, 2.75) is 6.92 Å². The Morgan fingerprint density at radius 2 is 1.88 bits per heavy atom. The quantitative estimate of drug-likeness (QED) is 0.392. The maximum atomic E-state index is 14.5. The van der Waals surface area contributed by atoms with Crippen LogP contribution in [0.1, 0.15) is 6.92 Å². The summed E-state index contributed by atoms with van der Waals surface area (Å²) in [6.45, 7) is 1.52. The van der Waals surface area contributed by atoms with Crippen molar-refractivity contribution in [2.24, 2.45) is 7.05 Å². The number of nitrogens with one attached hydrogen (secondary N) is 2. The van der Waals surface area contributed by atoms with Crippen molar-refractivity contribution >= 4 is 43.2 Å². The smallest absolute Gasteiger partial charge is 0.274 e. The zero-order valence-electron chi connectivity index (χ0n) is 18.1. The first-order valence-corrected chi connectivity index (χ1v) is 11.9. The summed E-state index contributed by atoms with van der Waals surface area (Å²) in [5.74, 6) is -1.65. The molecular formula is C23H19F2N5O3S. The predicted molar refractivity (Wildman–Crippen MR) is 127 cm³/mol. The normalized spacial score (nSPS) is 12.0. The number of anilines is 2. The first-order chi connectivity index (χ1) is 16.2. The van der Waals surface area contributed by atoms with Crippen LogP contribution in [-0.2, 0) is 17.1 Å². The van der Waals surface area contributed by atoms with Crippen LogP contribution in [0.25, 0.3) is 32.9 Å². The van der Waals surface area contributed by atoms with Gasteiger partial charge in [-0.3, -0.25) is 4.79 Å². The summed E-state index contributed by atoms with van der Waals surface area (Å²) in [5.41, 5.74) is 2.03. The molecule has 3 aromatic heterocycles. The average molecular weight is 484 g/mol. The number of aromatic amines is 1. The number of pyridine rings is 1. The van der Waals surface area contributed by atoms with Gasteiger partial charge in [0, 0.05) is 53.1 Å². The highest BCUT2D eigenvalue weighted by Crippen LogP contribution is 2.38. The number of rotatable bonds is 5. The van der Waals surface area contributed by atoms with E-state index in [0.29, 0.717) is 38.6 Å². The maximum Gasteiger partial charge on any atom is 0.274 e. The summed E-state index contributed by atoms with van der Waals surface area (Å²) in [7, 11) is -2.09. The zero-order valence-corrected chi connectivity index (χ0v) is 19.0. The van der Waals surface area contributed by atoms with Crippen LogP contribution in [0.4, 0.5) is 20.2 Å². The highest BCUT2D eigenvalue weighted by molar-refractivity contribution is 7.89. The number of aromatic nitrogens is 4. The number of hydrogen-bond acceptors (Lipinski definition) is 5. The topological polar surface area (TPSA) is 102 Å². The molecule has 0 saturated heterocycles. The zero-order chi connectivity index (χ0) is 24.2. The molecule has 2 N–H and O–H groups in total. The summed E-state index contributed by atoms with van der Waals surface area (Å²) in [4.78, 5) is 15.5. The maximum absolute atomic E-state index is 14.5. The molecule has 0 spiro atoms. The molecule has 0 aliphatic heterocycles. The van der Waals surface area contributed by atoms with Crippen molar-refractivity contribution in [3.05, 3.63) is 77.0 Å².